The van der Waals surface area contributed by atoms with Crippen LogP contribution in [0.4, 0.5) is 0 Å². The van der Waals surface area contributed by atoms with E-state index in [4.69, 9.17) is 0 Å². The van der Waals surface area contributed by atoms with E-state index in [9.17, 15) is 8.42 Å². The third kappa shape index (κ3) is 5.62. The predicted octanol–water partition coefficient (Wildman–Crippen LogP) is 0.863. The Morgan fingerprint density at radius 3 is 2.59 bits per heavy atom. The lowest BCUT2D eigenvalue weighted by atomic mass is 10.2. The van der Waals surface area contributed by atoms with Crippen molar-refractivity contribution in [1.29, 1.82) is 0 Å². The lowest BCUT2D eigenvalue weighted by Gasteiger charge is -2.25. The summed E-state index contributed by atoms with van der Waals surface area (Å²) in [7, 11) is -3.16. The summed E-state index contributed by atoms with van der Waals surface area (Å²) in [6.45, 7) is 4.39. The molecule has 1 heterocycles. The first-order valence-corrected chi connectivity index (χ1v) is 11.0. The highest BCUT2D eigenvalue weighted by Gasteiger charge is 2.23. The number of guanidine groups is 1. The van der Waals surface area contributed by atoms with Crippen LogP contribution in [0, 0.1) is 0 Å². The molecule has 0 unspecified atom stereocenters. The fraction of sp³-hybridized carbons (Fsp3) is 0.929. The summed E-state index contributed by atoms with van der Waals surface area (Å²) in [5.74, 6) is 2.64. The van der Waals surface area contributed by atoms with Crippen LogP contribution in [-0.2, 0) is 10.0 Å². The molecule has 0 bridgehead atoms. The van der Waals surface area contributed by atoms with Crippen LogP contribution in [0.15, 0.2) is 4.99 Å². The van der Waals surface area contributed by atoms with Gasteiger partial charge in [-0.25, -0.2) is 12.7 Å². The molecule has 0 radical (unpaired) electrons. The molecule has 6 nitrogen and oxygen atoms in total. The number of sulfonamides is 1. The normalized spacial score (nSPS) is 22.0. The van der Waals surface area contributed by atoms with Gasteiger partial charge in [0.25, 0.3) is 0 Å². The van der Waals surface area contributed by atoms with Crippen LogP contribution in [-0.4, -0.2) is 68.2 Å². The first-order valence-electron chi connectivity index (χ1n) is 8.22. The van der Waals surface area contributed by atoms with Gasteiger partial charge < -0.3 is 10.6 Å². The molecule has 0 aromatic carbocycles. The molecular weight excluding hydrogens is 320 g/mol. The highest BCUT2D eigenvalue weighted by molar-refractivity contribution is 7.99. The van der Waals surface area contributed by atoms with E-state index in [2.05, 4.69) is 15.6 Å². The van der Waals surface area contributed by atoms with Gasteiger partial charge in [-0.3, -0.25) is 4.99 Å². The average molecular weight is 349 g/mol. The number of hydrogen-bond donors (Lipinski definition) is 2. The lowest BCUT2D eigenvalue weighted by Crippen LogP contribution is -2.43. The molecule has 1 saturated heterocycles. The van der Waals surface area contributed by atoms with Gasteiger partial charge in [0, 0.05) is 37.2 Å². The molecule has 0 amide bonds. The van der Waals surface area contributed by atoms with Crippen LogP contribution in [0.2, 0.25) is 0 Å². The SMILES string of the molecule is CCNC(=NCCS(=O)(=O)N1CCSCC1)NC1CCCC1. The predicted molar refractivity (Wildman–Crippen MR) is 94.1 cm³/mol. The first kappa shape index (κ1) is 17.9. The Morgan fingerprint density at radius 2 is 1.95 bits per heavy atom. The van der Waals surface area contributed by atoms with E-state index in [1.54, 1.807) is 4.31 Å². The number of hydrogen-bond acceptors (Lipinski definition) is 4. The van der Waals surface area contributed by atoms with Crippen molar-refractivity contribution in [2.45, 2.75) is 38.6 Å². The van der Waals surface area contributed by atoms with Crippen LogP contribution >= 0.6 is 11.8 Å². The highest BCUT2D eigenvalue weighted by Crippen LogP contribution is 2.17. The minimum atomic E-state index is -3.16. The van der Waals surface area contributed by atoms with E-state index in [1.165, 1.54) is 25.7 Å². The van der Waals surface area contributed by atoms with Gasteiger partial charge in [0.15, 0.2) is 5.96 Å². The van der Waals surface area contributed by atoms with Crippen LogP contribution in [0.5, 0.6) is 0 Å². The Kier molecular flexibility index (Phi) is 7.30. The van der Waals surface area contributed by atoms with E-state index >= 15 is 0 Å². The van der Waals surface area contributed by atoms with Crippen molar-refractivity contribution in [2.75, 3.05) is 43.4 Å². The van der Waals surface area contributed by atoms with Gasteiger partial charge in [-0.05, 0) is 19.8 Å². The highest BCUT2D eigenvalue weighted by atomic mass is 32.2. The molecule has 0 atom stereocenters. The van der Waals surface area contributed by atoms with Crippen molar-refractivity contribution in [2.24, 2.45) is 4.99 Å². The number of rotatable bonds is 6. The van der Waals surface area contributed by atoms with Crippen molar-refractivity contribution in [1.82, 2.24) is 14.9 Å². The van der Waals surface area contributed by atoms with E-state index < -0.39 is 10.0 Å². The Balaban J connectivity index is 1.83. The number of aliphatic imine (C=N–C) groups is 1. The largest absolute Gasteiger partial charge is 0.357 e. The van der Waals surface area contributed by atoms with Crippen molar-refractivity contribution in [3.05, 3.63) is 0 Å². The van der Waals surface area contributed by atoms with Crippen molar-refractivity contribution >= 4 is 27.7 Å². The summed E-state index contributed by atoms with van der Waals surface area (Å²) in [6, 6.07) is 0.480. The van der Waals surface area contributed by atoms with E-state index in [0.29, 0.717) is 25.7 Å². The minimum Gasteiger partial charge on any atom is -0.357 e. The molecule has 128 valence electrons. The first-order chi connectivity index (χ1) is 10.6. The van der Waals surface area contributed by atoms with Crippen LogP contribution in [0.3, 0.4) is 0 Å². The number of nitrogens with zero attached hydrogens (tertiary/aromatic N) is 2. The Bertz CT molecular complexity index is 455. The molecular formula is C14H28N4O2S2. The summed E-state index contributed by atoms with van der Waals surface area (Å²) >= 11 is 1.81. The van der Waals surface area contributed by atoms with Crippen molar-refractivity contribution in [3.63, 3.8) is 0 Å². The van der Waals surface area contributed by atoms with E-state index in [0.717, 1.165) is 24.0 Å². The van der Waals surface area contributed by atoms with Gasteiger partial charge in [0.05, 0.1) is 12.3 Å². The molecule has 2 N–H and O–H groups in total. The number of nitrogens with one attached hydrogen (secondary N) is 2. The quantitative estimate of drug-likeness (QED) is 0.550. The van der Waals surface area contributed by atoms with E-state index in [1.807, 2.05) is 18.7 Å². The third-order valence-corrected chi connectivity index (χ3v) is 6.82. The smallest absolute Gasteiger partial charge is 0.215 e. The maximum absolute atomic E-state index is 12.3. The van der Waals surface area contributed by atoms with E-state index in [-0.39, 0.29) is 5.75 Å². The maximum atomic E-state index is 12.3. The van der Waals surface area contributed by atoms with Gasteiger partial charge >= 0.3 is 0 Å². The van der Waals surface area contributed by atoms with Gasteiger partial charge in [-0.1, -0.05) is 12.8 Å². The second-order valence-electron chi connectivity index (χ2n) is 5.71. The maximum Gasteiger partial charge on any atom is 0.215 e. The fourth-order valence-corrected chi connectivity index (χ4v) is 5.26. The fourth-order valence-electron chi connectivity index (χ4n) is 2.81. The molecule has 2 aliphatic rings. The van der Waals surface area contributed by atoms with Crippen molar-refractivity contribution in [3.8, 4) is 0 Å². The Labute approximate surface area is 138 Å². The monoisotopic (exact) mass is 348 g/mol. The zero-order valence-electron chi connectivity index (χ0n) is 13.4. The summed E-state index contributed by atoms with van der Waals surface area (Å²) < 4.78 is 26.2. The molecule has 1 aliphatic carbocycles. The van der Waals surface area contributed by atoms with Gasteiger partial charge in [0.2, 0.25) is 10.0 Å². The second-order valence-corrected chi connectivity index (χ2v) is 9.03. The summed E-state index contributed by atoms with van der Waals surface area (Å²) in [4.78, 5) is 4.44. The standard InChI is InChI=1S/C14H28N4O2S2/c1-2-15-14(17-13-5-3-4-6-13)16-7-12-22(19,20)18-8-10-21-11-9-18/h13H,2-12H2,1H3,(H2,15,16,17). The number of thioether (sulfide) groups is 1. The van der Waals surface area contributed by atoms with Crippen molar-refractivity contribution < 1.29 is 8.42 Å². The Morgan fingerprint density at radius 1 is 1.27 bits per heavy atom. The summed E-state index contributed by atoms with van der Waals surface area (Å²) in [5, 5.41) is 6.61. The van der Waals surface area contributed by atoms with Gasteiger partial charge in [-0.15, -0.1) is 0 Å². The van der Waals surface area contributed by atoms with Crippen LogP contribution in [0.25, 0.3) is 0 Å². The minimum absolute atomic E-state index is 0.0961. The molecule has 22 heavy (non-hydrogen) atoms. The third-order valence-electron chi connectivity index (χ3n) is 4.02. The molecule has 0 aromatic rings. The molecule has 2 fully saturated rings. The molecule has 0 spiro atoms. The molecule has 2 rings (SSSR count). The Hall–Kier alpha value is -0.470. The lowest BCUT2D eigenvalue weighted by molar-refractivity contribution is 0.444. The second kappa shape index (κ2) is 8.98. The van der Waals surface area contributed by atoms with Crippen LogP contribution < -0.4 is 10.6 Å². The molecule has 1 saturated carbocycles. The molecule has 1 aliphatic heterocycles. The zero-order valence-corrected chi connectivity index (χ0v) is 15.0. The van der Waals surface area contributed by atoms with Gasteiger partial charge in [0.1, 0.15) is 0 Å². The summed E-state index contributed by atoms with van der Waals surface area (Å²) in [6.07, 6.45) is 4.87. The summed E-state index contributed by atoms with van der Waals surface area (Å²) in [5.41, 5.74) is 0. The molecule has 8 heteroatoms. The zero-order chi connectivity index (χ0) is 15.8. The topological polar surface area (TPSA) is 73.8 Å². The molecule has 0 aromatic heterocycles. The van der Waals surface area contributed by atoms with Crippen LogP contribution in [0.1, 0.15) is 32.6 Å². The van der Waals surface area contributed by atoms with Gasteiger partial charge in [-0.2, -0.15) is 11.8 Å². The average Bonchev–Trinajstić information content (AvgIpc) is 3.01.